The molecule has 0 aliphatic carbocycles. The number of aromatic nitrogens is 3. The van der Waals surface area contributed by atoms with Crippen molar-refractivity contribution in [1.29, 1.82) is 0 Å². The van der Waals surface area contributed by atoms with Gasteiger partial charge in [-0.1, -0.05) is 29.8 Å². The molecular formula is C14H17N3O3. The van der Waals surface area contributed by atoms with Gasteiger partial charge in [-0.2, -0.15) is 9.67 Å². The van der Waals surface area contributed by atoms with E-state index < -0.39 is 0 Å². The fourth-order valence-corrected chi connectivity index (χ4v) is 1.68. The Morgan fingerprint density at radius 3 is 2.55 bits per heavy atom. The molecule has 2 rings (SSSR count). The summed E-state index contributed by atoms with van der Waals surface area (Å²) in [4.78, 5) is 15.9. The molecule has 1 heterocycles. The lowest BCUT2D eigenvalue weighted by atomic mass is 10.1. The smallest absolute Gasteiger partial charge is 0.336 e. The lowest BCUT2D eigenvalue weighted by Gasteiger charge is -2.01. The maximum absolute atomic E-state index is 11.6. The molecule has 2 aromatic rings. The second kappa shape index (κ2) is 6.29. The predicted molar refractivity (Wildman–Crippen MR) is 73.9 cm³/mol. The number of rotatable bonds is 5. The maximum atomic E-state index is 11.6. The standard InChI is InChI=1S/C14H17N3O3/c1-10-4-6-12(7-5-10)13-15-14(20-9-8-19-3)16-17(13)11(2)18/h4-7H,8-9H2,1-3H3. The Labute approximate surface area is 117 Å². The van der Waals surface area contributed by atoms with Crippen LogP contribution >= 0.6 is 0 Å². The molecule has 0 fully saturated rings. The van der Waals surface area contributed by atoms with Crippen LogP contribution in [-0.4, -0.2) is 41.0 Å². The Morgan fingerprint density at radius 1 is 1.25 bits per heavy atom. The molecule has 0 unspecified atom stereocenters. The molecule has 6 nitrogen and oxygen atoms in total. The number of ether oxygens (including phenoxy) is 2. The van der Waals surface area contributed by atoms with Crippen molar-refractivity contribution in [2.24, 2.45) is 0 Å². The highest BCUT2D eigenvalue weighted by Crippen LogP contribution is 2.20. The molecule has 20 heavy (non-hydrogen) atoms. The third-order valence-electron chi connectivity index (χ3n) is 2.71. The van der Waals surface area contributed by atoms with Crippen LogP contribution < -0.4 is 4.74 Å². The fraction of sp³-hybridized carbons (Fsp3) is 0.357. The summed E-state index contributed by atoms with van der Waals surface area (Å²) >= 11 is 0. The van der Waals surface area contributed by atoms with E-state index >= 15 is 0 Å². The van der Waals surface area contributed by atoms with E-state index in [1.807, 2.05) is 31.2 Å². The lowest BCUT2D eigenvalue weighted by molar-refractivity contribution is 0.0919. The number of hydrogen-bond acceptors (Lipinski definition) is 5. The van der Waals surface area contributed by atoms with Crippen molar-refractivity contribution in [3.63, 3.8) is 0 Å². The summed E-state index contributed by atoms with van der Waals surface area (Å²) in [5.74, 6) is 0.264. The number of hydrogen-bond donors (Lipinski definition) is 0. The molecule has 106 valence electrons. The summed E-state index contributed by atoms with van der Waals surface area (Å²) in [6, 6.07) is 7.89. The first kappa shape index (κ1) is 14.2. The summed E-state index contributed by atoms with van der Waals surface area (Å²) in [6.45, 7) is 4.21. The molecule has 0 atom stereocenters. The molecule has 0 saturated heterocycles. The molecule has 0 spiro atoms. The number of aryl methyl sites for hydroxylation is 1. The van der Waals surface area contributed by atoms with Crippen LogP contribution in [0.1, 0.15) is 17.3 Å². The second-order valence-electron chi connectivity index (χ2n) is 4.36. The van der Waals surface area contributed by atoms with Crippen molar-refractivity contribution in [2.75, 3.05) is 20.3 Å². The zero-order valence-corrected chi connectivity index (χ0v) is 11.8. The molecule has 0 bridgehead atoms. The molecule has 0 N–H and O–H groups in total. The number of nitrogens with zero attached hydrogens (tertiary/aromatic N) is 3. The molecular weight excluding hydrogens is 258 g/mol. The van der Waals surface area contributed by atoms with E-state index in [4.69, 9.17) is 9.47 Å². The van der Waals surface area contributed by atoms with Gasteiger partial charge in [-0.3, -0.25) is 4.79 Å². The van der Waals surface area contributed by atoms with Crippen LogP contribution in [0.25, 0.3) is 11.4 Å². The van der Waals surface area contributed by atoms with Gasteiger partial charge in [0.05, 0.1) is 6.61 Å². The van der Waals surface area contributed by atoms with E-state index in [0.29, 0.717) is 19.0 Å². The van der Waals surface area contributed by atoms with Gasteiger partial charge >= 0.3 is 6.01 Å². The number of carbonyl (C=O) groups is 1. The van der Waals surface area contributed by atoms with Crippen LogP contribution in [0.2, 0.25) is 0 Å². The van der Waals surface area contributed by atoms with Crippen LogP contribution in [0.4, 0.5) is 0 Å². The Bertz CT molecular complexity index is 590. The average molecular weight is 275 g/mol. The monoisotopic (exact) mass is 275 g/mol. The first-order valence-electron chi connectivity index (χ1n) is 6.28. The van der Waals surface area contributed by atoms with Gasteiger partial charge in [-0.15, -0.1) is 5.10 Å². The largest absolute Gasteiger partial charge is 0.460 e. The third kappa shape index (κ3) is 3.21. The Hall–Kier alpha value is -2.21. The molecule has 0 saturated carbocycles. The van der Waals surface area contributed by atoms with Gasteiger partial charge in [0.2, 0.25) is 5.91 Å². The summed E-state index contributed by atoms with van der Waals surface area (Å²) in [6.07, 6.45) is 0. The number of benzene rings is 1. The first-order valence-corrected chi connectivity index (χ1v) is 6.28. The summed E-state index contributed by atoms with van der Waals surface area (Å²) in [5.41, 5.74) is 1.96. The van der Waals surface area contributed by atoms with Gasteiger partial charge in [-0.05, 0) is 6.92 Å². The van der Waals surface area contributed by atoms with Crippen molar-refractivity contribution in [3.8, 4) is 17.4 Å². The van der Waals surface area contributed by atoms with E-state index in [1.165, 1.54) is 11.6 Å². The van der Waals surface area contributed by atoms with E-state index in [9.17, 15) is 4.79 Å². The number of methoxy groups -OCH3 is 1. The molecule has 0 aliphatic rings. The topological polar surface area (TPSA) is 66.2 Å². The fourth-order valence-electron chi connectivity index (χ4n) is 1.68. The van der Waals surface area contributed by atoms with Gasteiger partial charge in [0.1, 0.15) is 6.61 Å². The van der Waals surface area contributed by atoms with Crippen molar-refractivity contribution in [3.05, 3.63) is 29.8 Å². The van der Waals surface area contributed by atoms with E-state index in [1.54, 1.807) is 7.11 Å². The highest BCUT2D eigenvalue weighted by molar-refractivity contribution is 5.80. The minimum Gasteiger partial charge on any atom is -0.460 e. The first-order chi connectivity index (χ1) is 9.61. The molecule has 0 radical (unpaired) electrons. The SMILES string of the molecule is COCCOc1nc(-c2ccc(C)cc2)n(C(C)=O)n1. The highest BCUT2D eigenvalue weighted by Gasteiger charge is 2.15. The third-order valence-corrected chi connectivity index (χ3v) is 2.71. The zero-order chi connectivity index (χ0) is 14.5. The molecule has 1 aromatic carbocycles. The molecule has 1 aromatic heterocycles. The van der Waals surface area contributed by atoms with Gasteiger partial charge in [-0.25, -0.2) is 0 Å². The van der Waals surface area contributed by atoms with Gasteiger partial charge in [0.15, 0.2) is 5.82 Å². The molecule has 6 heteroatoms. The summed E-state index contributed by atoms with van der Waals surface area (Å²) in [7, 11) is 1.59. The quantitative estimate of drug-likeness (QED) is 0.780. The Balaban J connectivity index is 2.30. The lowest BCUT2D eigenvalue weighted by Crippen LogP contribution is -2.10. The van der Waals surface area contributed by atoms with E-state index in [0.717, 1.165) is 11.1 Å². The summed E-state index contributed by atoms with van der Waals surface area (Å²) in [5, 5.41) is 4.06. The van der Waals surface area contributed by atoms with Crippen LogP contribution in [0.5, 0.6) is 6.01 Å². The van der Waals surface area contributed by atoms with Crippen LogP contribution in [0.15, 0.2) is 24.3 Å². The minimum absolute atomic E-state index is 0.174. The second-order valence-corrected chi connectivity index (χ2v) is 4.36. The average Bonchev–Trinajstić information content (AvgIpc) is 2.84. The number of carbonyl (C=O) groups excluding carboxylic acids is 1. The van der Waals surface area contributed by atoms with Crippen molar-refractivity contribution in [1.82, 2.24) is 14.8 Å². The van der Waals surface area contributed by atoms with Gasteiger partial charge < -0.3 is 9.47 Å². The minimum atomic E-state index is -0.213. The van der Waals surface area contributed by atoms with Crippen molar-refractivity contribution in [2.45, 2.75) is 13.8 Å². The maximum Gasteiger partial charge on any atom is 0.336 e. The highest BCUT2D eigenvalue weighted by atomic mass is 16.5. The van der Waals surface area contributed by atoms with Crippen molar-refractivity contribution < 1.29 is 14.3 Å². The van der Waals surface area contributed by atoms with Crippen LogP contribution in [-0.2, 0) is 4.74 Å². The van der Waals surface area contributed by atoms with Crippen LogP contribution in [0.3, 0.4) is 0 Å². The van der Waals surface area contributed by atoms with Gasteiger partial charge in [0.25, 0.3) is 0 Å². The summed E-state index contributed by atoms with van der Waals surface area (Å²) < 4.78 is 11.5. The Kier molecular flexibility index (Phi) is 4.47. The normalized spacial score (nSPS) is 10.6. The van der Waals surface area contributed by atoms with Gasteiger partial charge in [0, 0.05) is 19.6 Å². The van der Waals surface area contributed by atoms with Crippen molar-refractivity contribution >= 4 is 5.91 Å². The van der Waals surface area contributed by atoms with Crippen LogP contribution in [0, 0.1) is 6.92 Å². The predicted octanol–water partition coefficient (Wildman–Crippen LogP) is 1.94. The molecule has 0 aliphatic heterocycles. The zero-order valence-electron chi connectivity index (χ0n) is 11.8. The molecule has 0 amide bonds. The van der Waals surface area contributed by atoms with E-state index in [2.05, 4.69) is 10.1 Å². The Morgan fingerprint density at radius 2 is 1.95 bits per heavy atom. The van der Waals surface area contributed by atoms with E-state index in [-0.39, 0.29) is 11.9 Å².